The maximum absolute atomic E-state index is 11.4. The number of carbonyl (C=O) groups is 1. The Bertz CT molecular complexity index is 721. The fourth-order valence-electron chi connectivity index (χ4n) is 1.83. The van der Waals surface area contributed by atoms with Crippen LogP contribution in [-0.4, -0.2) is 21.0 Å². The van der Waals surface area contributed by atoms with E-state index in [0.29, 0.717) is 17.0 Å². The van der Waals surface area contributed by atoms with Crippen molar-refractivity contribution in [3.63, 3.8) is 0 Å². The molecule has 0 aliphatic heterocycles. The molecule has 1 N–H and O–H groups in total. The number of thiazole rings is 1. The normalized spacial score (nSPS) is 10.6. The number of aromatic carboxylic acids is 1. The molecule has 0 saturated carbocycles. The van der Waals surface area contributed by atoms with Crippen LogP contribution in [-0.2, 0) is 6.42 Å². The first kappa shape index (κ1) is 13.0. The highest BCUT2D eigenvalue weighted by Gasteiger charge is 2.18. The van der Waals surface area contributed by atoms with E-state index in [1.807, 2.05) is 29.6 Å². The summed E-state index contributed by atoms with van der Waals surface area (Å²) >= 11 is 2.81. The van der Waals surface area contributed by atoms with E-state index in [9.17, 15) is 9.90 Å². The third-order valence-corrected chi connectivity index (χ3v) is 4.75. The van der Waals surface area contributed by atoms with E-state index in [0.717, 1.165) is 15.4 Å². The van der Waals surface area contributed by atoms with Crippen LogP contribution in [0.1, 0.15) is 20.2 Å². The summed E-state index contributed by atoms with van der Waals surface area (Å²) in [6.07, 6.45) is 3.91. The van der Waals surface area contributed by atoms with Crippen LogP contribution >= 0.6 is 22.7 Å². The fourth-order valence-corrected chi connectivity index (χ4v) is 3.47. The van der Waals surface area contributed by atoms with Crippen molar-refractivity contribution in [3.05, 3.63) is 57.5 Å². The number of pyridine rings is 1. The second kappa shape index (κ2) is 5.52. The summed E-state index contributed by atoms with van der Waals surface area (Å²) in [7, 11) is 0. The zero-order chi connectivity index (χ0) is 13.9. The summed E-state index contributed by atoms with van der Waals surface area (Å²) in [5.74, 6) is -0.922. The van der Waals surface area contributed by atoms with Crippen LogP contribution in [0.25, 0.3) is 10.6 Å². The van der Waals surface area contributed by atoms with Gasteiger partial charge in [0.1, 0.15) is 9.88 Å². The van der Waals surface area contributed by atoms with Gasteiger partial charge in [0.15, 0.2) is 0 Å². The van der Waals surface area contributed by atoms with Crippen molar-refractivity contribution in [3.8, 4) is 10.6 Å². The molecular formula is C14H10N2O2S2. The van der Waals surface area contributed by atoms with Gasteiger partial charge in [-0.15, -0.1) is 22.7 Å². The van der Waals surface area contributed by atoms with Crippen molar-refractivity contribution in [1.29, 1.82) is 0 Å². The van der Waals surface area contributed by atoms with Crippen LogP contribution in [0.5, 0.6) is 0 Å². The van der Waals surface area contributed by atoms with Gasteiger partial charge in [-0.1, -0.05) is 6.07 Å². The lowest BCUT2D eigenvalue weighted by Gasteiger charge is -1.95. The number of hydrogen-bond donors (Lipinski definition) is 1. The Morgan fingerprint density at radius 3 is 2.70 bits per heavy atom. The molecule has 0 fully saturated rings. The van der Waals surface area contributed by atoms with Gasteiger partial charge >= 0.3 is 5.97 Å². The standard InChI is InChI=1S/C14H10N2O2S2/c17-14(18)12-11(8-10-2-1-7-19-10)16-13(20-12)9-3-5-15-6-4-9/h1-7H,8H2,(H,17,18). The Morgan fingerprint density at radius 1 is 1.25 bits per heavy atom. The molecule has 0 aromatic carbocycles. The first-order valence-electron chi connectivity index (χ1n) is 5.90. The van der Waals surface area contributed by atoms with Crippen LogP contribution < -0.4 is 0 Å². The topological polar surface area (TPSA) is 63.1 Å². The van der Waals surface area contributed by atoms with Gasteiger partial charge in [0.2, 0.25) is 0 Å². The number of rotatable bonds is 4. The van der Waals surface area contributed by atoms with Crippen LogP contribution in [0, 0.1) is 0 Å². The Labute approximate surface area is 123 Å². The van der Waals surface area contributed by atoms with Crippen molar-refractivity contribution in [2.75, 3.05) is 0 Å². The van der Waals surface area contributed by atoms with Crippen molar-refractivity contribution < 1.29 is 9.90 Å². The van der Waals surface area contributed by atoms with Crippen LogP contribution in [0.4, 0.5) is 0 Å². The molecular weight excluding hydrogens is 292 g/mol. The first-order chi connectivity index (χ1) is 9.74. The van der Waals surface area contributed by atoms with Gasteiger partial charge in [-0.2, -0.15) is 0 Å². The number of aromatic nitrogens is 2. The van der Waals surface area contributed by atoms with Crippen LogP contribution in [0.3, 0.4) is 0 Å². The van der Waals surface area contributed by atoms with Crippen molar-refractivity contribution in [1.82, 2.24) is 9.97 Å². The monoisotopic (exact) mass is 302 g/mol. The molecule has 0 unspecified atom stereocenters. The highest BCUT2D eigenvalue weighted by Crippen LogP contribution is 2.29. The minimum atomic E-state index is -0.922. The number of nitrogens with zero attached hydrogens (tertiary/aromatic N) is 2. The minimum Gasteiger partial charge on any atom is -0.477 e. The third-order valence-electron chi connectivity index (χ3n) is 2.74. The molecule has 0 bridgehead atoms. The molecule has 100 valence electrons. The Hall–Kier alpha value is -2.05. The number of carboxylic acid groups (broad SMARTS) is 1. The lowest BCUT2D eigenvalue weighted by Crippen LogP contribution is -1.98. The Balaban J connectivity index is 2.01. The van der Waals surface area contributed by atoms with Gasteiger partial charge in [-0.25, -0.2) is 9.78 Å². The molecule has 0 atom stereocenters. The molecule has 3 aromatic rings. The molecule has 0 spiro atoms. The molecule has 0 aliphatic carbocycles. The van der Waals surface area contributed by atoms with Gasteiger partial charge in [-0.3, -0.25) is 4.98 Å². The number of hydrogen-bond acceptors (Lipinski definition) is 5. The number of carboxylic acids is 1. The summed E-state index contributed by atoms with van der Waals surface area (Å²) in [5.41, 5.74) is 1.52. The predicted molar refractivity (Wildman–Crippen MR) is 79.4 cm³/mol. The second-order valence-corrected chi connectivity index (χ2v) is 6.12. The molecule has 3 heterocycles. The fraction of sp³-hybridized carbons (Fsp3) is 0.0714. The molecule has 20 heavy (non-hydrogen) atoms. The summed E-state index contributed by atoms with van der Waals surface area (Å²) in [5, 5.41) is 12.0. The molecule has 6 heteroatoms. The molecule has 0 amide bonds. The summed E-state index contributed by atoms with van der Waals surface area (Å²) in [4.78, 5) is 21.2. The van der Waals surface area contributed by atoms with E-state index in [2.05, 4.69) is 9.97 Å². The molecule has 0 aliphatic rings. The zero-order valence-electron chi connectivity index (χ0n) is 10.3. The Kier molecular flexibility index (Phi) is 3.58. The average Bonchev–Trinajstić information content (AvgIpc) is 3.10. The van der Waals surface area contributed by atoms with E-state index < -0.39 is 5.97 Å². The van der Waals surface area contributed by atoms with E-state index in [1.54, 1.807) is 23.7 Å². The van der Waals surface area contributed by atoms with Crippen molar-refractivity contribution in [2.24, 2.45) is 0 Å². The second-order valence-electron chi connectivity index (χ2n) is 4.09. The summed E-state index contributed by atoms with van der Waals surface area (Å²) in [6, 6.07) is 7.61. The quantitative estimate of drug-likeness (QED) is 0.800. The van der Waals surface area contributed by atoms with E-state index >= 15 is 0 Å². The maximum Gasteiger partial charge on any atom is 0.347 e. The highest BCUT2D eigenvalue weighted by atomic mass is 32.1. The summed E-state index contributed by atoms with van der Waals surface area (Å²) < 4.78 is 0. The van der Waals surface area contributed by atoms with Gasteiger partial charge in [0.05, 0.1) is 5.69 Å². The summed E-state index contributed by atoms with van der Waals surface area (Å²) in [6.45, 7) is 0. The van der Waals surface area contributed by atoms with E-state index in [-0.39, 0.29) is 0 Å². The highest BCUT2D eigenvalue weighted by molar-refractivity contribution is 7.17. The lowest BCUT2D eigenvalue weighted by molar-refractivity contribution is 0.0701. The first-order valence-corrected chi connectivity index (χ1v) is 7.59. The van der Waals surface area contributed by atoms with Crippen LogP contribution in [0.2, 0.25) is 0 Å². The molecule has 3 rings (SSSR count). The molecule has 0 radical (unpaired) electrons. The van der Waals surface area contributed by atoms with Gasteiger partial charge in [0, 0.05) is 29.3 Å². The smallest absolute Gasteiger partial charge is 0.347 e. The van der Waals surface area contributed by atoms with Crippen LogP contribution in [0.15, 0.2) is 42.0 Å². The lowest BCUT2D eigenvalue weighted by atomic mass is 10.2. The van der Waals surface area contributed by atoms with E-state index in [1.165, 1.54) is 11.3 Å². The minimum absolute atomic E-state index is 0.310. The Morgan fingerprint density at radius 2 is 2.05 bits per heavy atom. The van der Waals surface area contributed by atoms with Crippen molar-refractivity contribution in [2.45, 2.75) is 6.42 Å². The molecule has 3 aromatic heterocycles. The largest absolute Gasteiger partial charge is 0.477 e. The maximum atomic E-state index is 11.4. The van der Waals surface area contributed by atoms with Gasteiger partial charge in [-0.05, 0) is 23.6 Å². The SMILES string of the molecule is O=C(O)c1sc(-c2ccncc2)nc1Cc1cccs1. The van der Waals surface area contributed by atoms with Gasteiger partial charge in [0.25, 0.3) is 0 Å². The number of thiophene rings is 1. The van der Waals surface area contributed by atoms with Gasteiger partial charge < -0.3 is 5.11 Å². The predicted octanol–water partition coefficient (Wildman–Crippen LogP) is 3.56. The third kappa shape index (κ3) is 2.61. The average molecular weight is 302 g/mol. The van der Waals surface area contributed by atoms with Crippen molar-refractivity contribution >= 4 is 28.6 Å². The molecule has 0 saturated heterocycles. The zero-order valence-corrected chi connectivity index (χ0v) is 11.9. The molecule has 4 nitrogen and oxygen atoms in total. The van der Waals surface area contributed by atoms with E-state index in [4.69, 9.17) is 0 Å².